The Hall–Kier alpha value is -2.12. The van der Waals surface area contributed by atoms with Crippen LogP contribution in [0.5, 0.6) is 0 Å². The molecule has 0 spiro atoms. The number of hydrogen-bond donors (Lipinski definition) is 2. The number of nitrogens with two attached hydrogens (primary N) is 1. The van der Waals surface area contributed by atoms with Crippen molar-refractivity contribution in [1.29, 1.82) is 0 Å². The molecule has 0 radical (unpaired) electrons. The molecule has 3 aliphatic rings. The highest BCUT2D eigenvalue weighted by Gasteiger charge is 2.29. The van der Waals surface area contributed by atoms with E-state index in [1.165, 1.54) is 11.1 Å². The SMILES string of the molecule is NC1=C(Cl)C=CCC1OCC1CC(=O)n2nc(C3=CCCCC3)nc2N1. The molecule has 0 bridgehead atoms. The number of nitrogens with one attached hydrogen (secondary N) is 1. The summed E-state index contributed by atoms with van der Waals surface area (Å²) in [5, 5.41) is 8.17. The molecule has 3 N–H and O–H groups in total. The normalized spacial score (nSPS) is 25.7. The number of anilines is 1. The molecule has 138 valence electrons. The summed E-state index contributed by atoms with van der Waals surface area (Å²) in [4.78, 5) is 17.0. The Morgan fingerprint density at radius 3 is 3.12 bits per heavy atom. The number of ether oxygens (including phenoxy) is 1. The first-order chi connectivity index (χ1) is 12.6. The van der Waals surface area contributed by atoms with Crippen molar-refractivity contribution < 1.29 is 9.53 Å². The van der Waals surface area contributed by atoms with E-state index in [-0.39, 0.29) is 18.1 Å². The van der Waals surface area contributed by atoms with Crippen LogP contribution in [0, 0.1) is 0 Å². The second-order valence-corrected chi connectivity index (χ2v) is 7.26. The third-order valence-electron chi connectivity index (χ3n) is 4.91. The van der Waals surface area contributed by atoms with Crippen LogP contribution in [0.25, 0.3) is 5.57 Å². The van der Waals surface area contributed by atoms with Crippen molar-refractivity contribution in [1.82, 2.24) is 14.8 Å². The van der Waals surface area contributed by atoms with E-state index in [2.05, 4.69) is 21.5 Å². The van der Waals surface area contributed by atoms with Crippen molar-refractivity contribution >= 4 is 29.0 Å². The molecule has 2 heterocycles. The summed E-state index contributed by atoms with van der Waals surface area (Å²) in [5.74, 6) is 1.06. The zero-order valence-corrected chi connectivity index (χ0v) is 15.2. The van der Waals surface area contributed by atoms with Gasteiger partial charge in [0.1, 0.15) is 6.10 Å². The van der Waals surface area contributed by atoms with Crippen LogP contribution in [0.4, 0.5) is 5.95 Å². The first-order valence-corrected chi connectivity index (χ1v) is 9.39. The van der Waals surface area contributed by atoms with Gasteiger partial charge in [-0.15, -0.1) is 5.10 Å². The fraction of sp³-hybridized carbons (Fsp3) is 0.500. The molecule has 7 nitrogen and oxygen atoms in total. The molecule has 0 aromatic carbocycles. The van der Waals surface area contributed by atoms with Gasteiger partial charge < -0.3 is 15.8 Å². The zero-order valence-electron chi connectivity index (χ0n) is 14.4. The summed E-state index contributed by atoms with van der Waals surface area (Å²) in [6, 6.07) is -0.162. The van der Waals surface area contributed by atoms with Crippen LogP contribution >= 0.6 is 11.6 Å². The van der Waals surface area contributed by atoms with Crippen LogP contribution in [0.15, 0.2) is 29.0 Å². The van der Waals surface area contributed by atoms with E-state index >= 15 is 0 Å². The van der Waals surface area contributed by atoms with Crippen molar-refractivity contribution in [2.24, 2.45) is 5.73 Å². The van der Waals surface area contributed by atoms with E-state index in [4.69, 9.17) is 22.1 Å². The Labute approximate surface area is 156 Å². The monoisotopic (exact) mass is 375 g/mol. The maximum Gasteiger partial charge on any atom is 0.252 e. The van der Waals surface area contributed by atoms with E-state index in [1.807, 2.05) is 6.08 Å². The highest BCUT2D eigenvalue weighted by atomic mass is 35.5. The quantitative estimate of drug-likeness (QED) is 0.840. The molecule has 1 aromatic rings. The van der Waals surface area contributed by atoms with Crippen LogP contribution in [0.1, 0.15) is 49.1 Å². The van der Waals surface area contributed by atoms with E-state index in [1.54, 1.807) is 6.08 Å². The molecular weight excluding hydrogens is 354 g/mol. The summed E-state index contributed by atoms with van der Waals surface area (Å²) in [7, 11) is 0. The van der Waals surface area contributed by atoms with Crippen LogP contribution < -0.4 is 11.1 Å². The molecule has 0 fully saturated rings. The van der Waals surface area contributed by atoms with Gasteiger partial charge in [-0.2, -0.15) is 9.67 Å². The van der Waals surface area contributed by atoms with Crippen LogP contribution in [0.3, 0.4) is 0 Å². The van der Waals surface area contributed by atoms with Gasteiger partial charge in [0.25, 0.3) is 5.91 Å². The predicted octanol–water partition coefficient (Wildman–Crippen LogP) is 2.81. The summed E-state index contributed by atoms with van der Waals surface area (Å²) in [6.07, 6.45) is 11.0. The Balaban J connectivity index is 1.43. The lowest BCUT2D eigenvalue weighted by molar-refractivity contribution is 0.0613. The lowest BCUT2D eigenvalue weighted by Gasteiger charge is -2.26. The number of carbonyl (C=O) groups is 1. The predicted molar refractivity (Wildman–Crippen MR) is 99.7 cm³/mol. The molecule has 26 heavy (non-hydrogen) atoms. The maximum atomic E-state index is 12.4. The van der Waals surface area contributed by atoms with Gasteiger partial charge in [-0.3, -0.25) is 4.79 Å². The highest BCUT2D eigenvalue weighted by Crippen LogP contribution is 2.27. The van der Waals surface area contributed by atoms with E-state index < -0.39 is 0 Å². The summed E-state index contributed by atoms with van der Waals surface area (Å²) in [5.41, 5.74) is 7.64. The summed E-state index contributed by atoms with van der Waals surface area (Å²) in [6.45, 7) is 0.347. The summed E-state index contributed by atoms with van der Waals surface area (Å²) >= 11 is 6.04. The lowest BCUT2D eigenvalue weighted by atomic mass is 9.99. The van der Waals surface area contributed by atoms with Gasteiger partial charge in [-0.05, 0) is 43.8 Å². The fourth-order valence-electron chi connectivity index (χ4n) is 3.45. The second-order valence-electron chi connectivity index (χ2n) is 6.85. The molecule has 0 saturated carbocycles. The number of halogens is 1. The van der Waals surface area contributed by atoms with Crippen molar-refractivity contribution in [2.75, 3.05) is 11.9 Å². The van der Waals surface area contributed by atoms with Crippen LogP contribution in [0.2, 0.25) is 0 Å². The second kappa shape index (κ2) is 7.25. The molecule has 1 aromatic heterocycles. The largest absolute Gasteiger partial charge is 0.399 e. The van der Waals surface area contributed by atoms with Crippen molar-refractivity contribution in [3.63, 3.8) is 0 Å². The number of allylic oxidation sites excluding steroid dienone is 4. The molecule has 0 saturated heterocycles. The first-order valence-electron chi connectivity index (χ1n) is 9.01. The Kier molecular flexibility index (Phi) is 4.82. The first kappa shape index (κ1) is 17.3. The Morgan fingerprint density at radius 1 is 1.42 bits per heavy atom. The van der Waals surface area contributed by atoms with Gasteiger partial charge in [0.05, 0.1) is 29.8 Å². The van der Waals surface area contributed by atoms with Crippen LogP contribution in [-0.2, 0) is 4.74 Å². The lowest BCUT2D eigenvalue weighted by Crippen LogP contribution is -2.39. The van der Waals surface area contributed by atoms with E-state index in [9.17, 15) is 4.79 Å². The zero-order chi connectivity index (χ0) is 18.1. The minimum absolute atomic E-state index is 0.0763. The fourth-order valence-corrected chi connectivity index (χ4v) is 3.66. The Bertz CT molecular complexity index is 811. The number of hydrogen-bond acceptors (Lipinski definition) is 6. The third-order valence-corrected chi connectivity index (χ3v) is 5.26. The van der Waals surface area contributed by atoms with Crippen molar-refractivity contribution in [2.45, 2.75) is 50.7 Å². The molecule has 2 unspecified atom stereocenters. The van der Waals surface area contributed by atoms with Gasteiger partial charge in [-0.1, -0.05) is 23.8 Å². The number of rotatable bonds is 4. The number of aromatic nitrogens is 3. The van der Waals surface area contributed by atoms with Gasteiger partial charge in [0.2, 0.25) is 5.95 Å². The average Bonchev–Trinajstić information content (AvgIpc) is 3.08. The maximum absolute atomic E-state index is 12.4. The Morgan fingerprint density at radius 2 is 2.31 bits per heavy atom. The molecule has 2 aliphatic carbocycles. The van der Waals surface area contributed by atoms with Gasteiger partial charge >= 0.3 is 0 Å². The van der Waals surface area contributed by atoms with Gasteiger partial charge in [0.15, 0.2) is 5.82 Å². The molecule has 4 rings (SSSR count). The standard InChI is InChI=1S/C18H22ClN5O2/c19-13-7-4-8-14(16(13)20)26-10-12-9-15(25)24-18(21-12)22-17(23-24)11-5-2-1-3-6-11/h4-5,7,12,14H,1-3,6,8-10,20H2,(H,21,22,23). The van der Waals surface area contributed by atoms with Gasteiger partial charge in [-0.25, -0.2) is 0 Å². The smallest absolute Gasteiger partial charge is 0.252 e. The van der Waals surface area contributed by atoms with E-state index in [0.29, 0.717) is 42.0 Å². The van der Waals surface area contributed by atoms with Crippen molar-refractivity contribution in [3.8, 4) is 0 Å². The number of carbonyl (C=O) groups excluding carboxylic acids is 1. The number of fused-ring (bicyclic) bond motifs is 1. The average molecular weight is 376 g/mol. The van der Waals surface area contributed by atoms with Crippen molar-refractivity contribution in [3.05, 3.63) is 34.8 Å². The minimum atomic E-state index is -0.257. The summed E-state index contributed by atoms with van der Waals surface area (Å²) < 4.78 is 7.26. The molecule has 8 heteroatoms. The topological polar surface area (TPSA) is 95.1 Å². The van der Waals surface area contributed by atoms with Gasteiger partial charge in [0, 0.05) is 0 Å². The number of nitrogens with zero attached hydrogens (tertiary/aromatic N) is 3. The molecular formula is C18H22ClN5O2. The molecule has 1 aliphatic heterocycles. The third kappa shape index (κ3) is 3.41. The van der Waals surface area contributed by atoms with Crippen LogP contribution in [-0.4, -0.2) is 39.4 Å². The van der Waals surface area contributed by atoms with E-state index in [0.717, 1.165) is 24.8 Å². The highest BCUT2D eigenvalue weighted by molar-refractivity contribution is 6.31. The minimum Gasteiger partial charge on any atom is -0.399 e. The molecule has 0 amide bonds. The molecule has 2 atom stereocenters.